The van der Waals surface area contributed by atoms with Crippen molar-refractivity contribution in [2.24, 2.45) is 0 Å². The van der Waals surface area contributed by atoms with Crippen LogP contribution < -0.4 is 4.89 Å². The highest BCUT2D eigenvalue weighted by atomic mass is 35.5. The number of aliphatic hydroxyl groups excluding tert-OH is 1. The summed E-state index contributed by atoms with van der Waals surface area (Å²) in [4.78, 5) is 16.1. The third-order valence-electron chi connectivity index (χ3n) is 2.52. The van der Waals surface area contributed by atoms with Crippen LogP contribution in [-0.4, -0.2) is 28.0 Å². The Kier molecular flexibility index (Phi) is 5.65. The molecular formula is C13H16Cl2O5. The van der Waals surface area contributed by atoms with E-state index in [1.165, 1.54) is 12.1 Å². The maximum absolute atomic E-state index is 12.1. The SMILES string of the molecule is CC(O)CC(C)(C)OC(=O)c1ccc(Cl)c(OO)c1Cl. The van der Waals surface area contributed by atoms with Gasteiger partial charge in [0.15, 0.2) is 0 Å². The molecule has 0 aliphatic carbocycles. The first-order valence-electron chi connectivity index (χ1n) is 5.89. The molecule has 1 unspecified atom stereocenters. The predicted molar refractivity (Wildman–Crippen MR) is 75.5 cm³/mol. The first kappa shape index (κ1) is 17.0. The lowest BCUT2D eigenvalue weighted by molar-refractivity contribution is -0.137. The molecule has 0 aliphatic heterocycles. The summed E-state index contributed by atoms with van der Waals surface area (Å²) in [6.07, 6.45) is -0.345. The van der Waals surface area contributed by atoms with Gasteiger partial charge >= 0.3 is 5.97 Å². The first-order chi connectivity index (χ1) is 9.18. The van der Waals surface area contributed by atoms with Gasteiger partial charge in [0, 0.05) is 6.42 Å². The minimum atomic E-state index is -0.867. The zero-order valence-corrected chi connectivity index (χ0v) is 12.8. The molecule has 0 saturated carbocycles. The number of carbonyl (C=O) groups excluding carboxylic acids is 1. The molecule has 0 radical (unpaired) electrons. The Morgan fingerprint density at radius 1 is 1.40 bits per heavy atom. The van der Waals surface area contributed by atoms with Crippen molar-refractivity contribution in [2.45, 2.75) is 38.9 Å². The number of hydrogen-bond donors (Lipinski definition) is 2. The zero-order valence-electron chi connectivity index (χ0n) is 11.3. The molecule has 0 aliphatic rings. The van der Waals surface area contributed by atoms with E-state index in [0.717, 1.165) is 0 Å². The van der Waals surface area contributed by atoms with E-state index in [1.807, 2.05) is 0 Å². The molecule has 7 heteroatoms. The molecule has 1 aromatic carbocycles. The Morgan fingerprint density at radius 2 is 2.00 bits per heavy atom. The summed E-state index contributed by atoms with van der Waals surface area (Å²) in [5.41, 5.74) is -0.854. The molecule has 0 heterocycles. The molecule has 0 bridgehead atoms. The van der Waals surface area contributed by atoms with Gasteiger partial charge in [-0.3, -0.25) is 0 Å². The van der Waals surface area contributed by atoms with Crippen LogP contribution in [0.15, 0.2) is 12.1 Å². The van der Waals surface area contributed by atoms with Gasteiger partial charge in [0.1, 0.15) is 10.6 Å². The van der Waals surface area contributed by atoms with Crippen LogP contribution in [0.5, 0.6) is 5.75 Å². The van der Waals surface area contributed by atoms with E-state index in [1.54, 1.807) is 20.8 Å². The maximum Gasteiger partial charge on any atom is 0.340 e. The van der Waals surface area contributed by atoms with Crippen molar-refractivity contribution in [2.75, 3.05) is 0 Å². The highest BCUT2D eigenvalue weighted by Crippen LogP contribution is 2.36. The number of esters is 1. The molecule has 0 amide bonds. The van der Waals surface area contributed by atoms with E-state index >= 15 is 0 Å². The number of ether oxygens (including phenoxy) is 1. The minimum absolute atomic E-state index is 0.0128. The lowest BCUT2D eigenvalue weighted by Gasteiger charge is -2.26. The summed E-state index contributed by atoms with van der Waals surface area (Å²) < 4.78 is 5.29. The van der Waals surface area contributed by atoms with Crippen LogP contribution >= 0.6 is 23.2 Å². The second-order valence-corrected chi connectivity index (χ2v) is 5.82. The second kappa shape index (κ2) is 6.63. The van der Waals surface area contributed by atoms with Gasteiger partial charge in [-0.2, -0.15) is 0 Å². The Hall–Kier alpha value is -1.01. The van der Waals surface area contributed by atoms with E-state index in [4.69, 9.17) is 33.2 Å². The summed E-state index contributed by atoms with van der Waals surface area (Å²) in [6, 6.07) is 2.73. The molecule has 0 spiro atoms. The monoisotopic (exact) mass is 322 g/mol. The van der Waals surface area contributed by atoms with Crippen molar-refractivity contribution in [1.82, 2.24) is 0 Å². The van der Waals surface area contributed by atoms with Crippen molar-refractivity contribution in [1.29, 1.82) is 0 Å². The Bertz CT molecular complexity index is 500. The minimum Gasteiger partial charge on any atom is -0.456 e. The summed E-state index contributed by atoms with van der Waals surface area (Å²) >= 11 is 11.7. The lowest BCUT2D eigenvalue weighted by atomic mass is 10.0. The quantitative estimate of drug-likeness (QED) is 0.492. The van der Waals surface area contributed by atoms with Crippen LogP contribution in [0.2, 0.25) is 10.0 Å². The molecule has 112 valence electrons. The highest BCUT2D eigenvalue weighted by Gasteiger charge is 2.28. The van der Waals surface area contributed by atoms with Crippen molar-refractivity contribution in [3.63, 3.8) is 0 Å². The van der Waals surface area contributed by atoms with Crippen LogP contribution in [0, 0.1) is 0 Å². The Morgan fingerprint density at radius 3 is 2.50 bits per heavy atom. The first-order valence-corrected chi connectivity index (χ1v) is 6.64. The van der Waals surface area contributed by atoms with Crippen molar-refractivity contribution < 1.29 is 24.8 Å². The van der Waals surface area contributed by atoms with E-state index in [0.29, 0.717) is 0 Å². The number of halogens is 2. The topological polar surface area (TPSA) is 76.0 Å². The second-order valence-electron chi connectivity index (χ2n) is 5.03. The zero-order chi connectivity index (χ0) is 15.5. The van der Waals surface area contributed by atoms with Gasteiger partial charge in [0.2, 0.25) is 5.75 Å². The fourth-order valence-corrected chi connectivity index (χ4v) is 2.35. The van der Waals surface area contributed by atoms with Gasteiger partial charge in [-0.15, -0.1) is 0 Å². The van der Waals surface area contributed by atoms with Gasteiger partial charge in [0.05, 0.1) is 16.7 Å². The average molecular weight is 323 g/mol. The van der Waals surface area contributed by atoms with Gasteiger partial charge in [-0.25, -0.2) is 10.1 Å². The van der Waals surface area contributed by atoms with Gasteiger partial charge in [-0.05, 0) is 32.9 Å². The summed E-state index contributed by atoms with van der Waals surface area (Å²) in [5.74, 6) is -0.910. The third kappa shape index (κ3) is 4.24. The molecule has 2 N–H and O–H groups in total. The van der Waals surface area contributed by atoms with Gasteiger partial charge in [-0.1, -0.05) is 23.2 Å². The molecule has 5 nitrogen and oxygen atoms in total. The van der Waals surface area contributed by atoms with E-state index in [9.17, 15) is 9.90 Å². The molecule has 20 heavy (non-hydrogen) atoms. The largest absolute Gasteiger partial charge is 0.456 e. The number of hydrogen-bond acceptors (Lipinski definition) is 5. The summed E-state index contributed by atoms with van der Waals surface area (Å²) in [7, 11) is 0. The normalized spacial score (nSPS) is 12.9. The fourth-order valence-electron chi connectivity index (χ4n) is 1.83. The fraction of sp³-hybridized carbons (Fsp3) is 0.462. The number of carbonyl (C=O) groups is 1. The van der Waals surface area contributed by atoms with Crippen molar-refractivity contribution in [3.8, 4) is 5.75 Å². The van der Waals surface area contributed by atoms with Gasteiger partial charge < -0.3 is 14.7 Å². The molecule has 0 aromatic heterocycles. The van der Waals surface area contributed by atoms with Gasteiger partial charge in [0.25, 0.3) is 0 Å². The third-order valence-corrected chi connectivity index (χ3v) is 3.19. The molecule has 0 fully saturated rings. The molecule has 1 rings (SSSR count). The van der Waals surface area contributed by atoms with Crippen LogP contribution in [0.1, 0.15) is 37.6 Å². The average Bonchev–Trinajstić information content (AvgIpc) is 2.26. The van der Waals surface area contributed by atoms with Crippen molar-refractivity contribution in [3.05, 3.63) is 27.7 Å². The summed E-state index contributed by atoms with van der Waals surface area (Å²) in [5, 5.41) is 18.0. The molecule has 1 atom stereocenters. The number of benzene rings is 1. The lowest BCUT2D eigenvalue weighted by Crippen LogP contribution is -2.31. The van der Waals surface area contributed by atoms with E-state index < -0.39 is 17.7 Å². The van der Waals surface area contributed by atoms with E-state index in [-0.39, 0.29) is 27.8 Å². The smallest absolute Gasteiger partial charge is 0.340 e. The van der Waals surface area contributed by atoms with Crippen LogP contribution in [0.4, 0.5) is 0 Å². The Labute approximate surface area is 126 Å². The van der Waals surface area contributed by atoms with Crippen LogP contribution in [0.3, 0.4) is 0 Å². The molecule has 1 aromatic rings. The van der Waals surface area contributed by atoms with Crippen molar-refractivity contribution >= 4 is 29.2 Å². The Balaban J connectivity index is 2.99. The van der Waals surface area contributed by atoms with Crippen LogP contribution in [0.25, 0.3) is 0 Å². The standard InChI is InChI=1S/C13H16Cl2O5/c1-7(16)6-13(2,3)19-12(17)8-4-5-9(14)11(20-18)10(8)15/h4-5,7,16,18H,6H2,1-3H3. The highest BCUT2D eigenvalue weighted by molar-refractivity contribution is 6.39. The summed E-state index contributed by atoms with van der Waals surface area (Å²) in [6.45, 7) is 4.94. The molecular weight excluding hydrogens is 307 g/mol. The van der Waals surface area contributed by atoms with Crippen LogP contribution in [-0.2, 0) is 4.74 Å². The number of aliphatic hydroxyl groups is 1. The molecule has 0 saturated heterocycles. The maximum atomic E-state index is 12.1. The predicted octanol–water partition coefficient (Wildman–Crippen LogP) is 3.55. The number of rotatable bonds is 5. The van der Waals surface area contributed by atoms with E-state index in [2.05, 4.69) is 4.89 Å².